The van der Waals surface area contributed by atoms with E-state index in [9.17, 15) is 0 Å². The van der Waals surface area contributed by atoms with Gasteiger partial charge in [-0.15, -0.1) is 0 Å². The minimum atomic E-state index is 0.723. The van der Waals surface area contributed by atoms with E-state index in [1.807, 2.05) is 0 Å². The molecule has 98 valence electrons. The van der Waals surface area contributed by atoms with Gasteiger partial charge in [0.2, 0.25) is 0 Å². The highest BCUT2D eigenvalue weighted by Crippen LogP contribution is 2.39. The molecule has 0 spiro atoms. The lowest BCUT2D eigenvalue weighted by Crippen LogP contribution is -2.35. The van der Waals surface area contributed by atoms with E-state index < -0.39 is 0 Å². The van der Waals surface area contributed by atoms with Gasteiger partial charge in [-0.25, -0.2) is 0 Å². The summed E-state index contributed by atoms with van der Waals surface area (Å²) in [6, 6.07) is 5.99. The fraction of sp³-hybridized carbons (Fsp3) is 0.375. The van der Waals surface area contributed by atoms with Crippen molar-refractivity contribution < 1.29 is 0 Å². The Balaban J connectivity index is 1.82. The molecule has 19 heavy (non-hydrogen) atoms. The third-order valence-corrected chi connectivity index (χ3v) is 5.66. The monoisotopic (exact) mass is 287 g/mol. The van der Waals surface area contributed by atoms with Gasteiger partial charge in [0.15, 0.2) is 0 Å². The first-order valence-electron chi connectivity index (χ1n) is 6.93. The van der Waals surface area contributed by atoms with Gasteiger partial charge in [0, 0.05) is 12.1 Å². The van der Waals surface area contributed by atoms with Crippen LogP contribution in [0, 0.1) is 0 Å². The Morgan fingerprint density at radius 1 is 0.947 bits per heavy atom. The molecule has 2 aliphatic rings. The van der Waals surface area contributed by atoms with E-state index >= 15 is 0 Å². The molecule has 2 aliphatic heterocycles. The van der Waals surface area contributed by atoms with Gasteiger partial charge in [-0.3, -0.25) is 0 Å². The van der Waals surface area contributed by atoms with E-state index in [1.165, 1.54) is 42.4 Å². The van der Waals surface area contributed by atoms with Gasteiger partial charge in [0.05, 0.1) is 0 Å². The topological polar surface area (TPSA) is 12.0 Å². The third kappa shape index (κ3) is 2.20. The van der Waals surface area contributed by atoms with Crippen molar-refractivity contribution in [1.29, 1.82) is 0 Å². The van der Waals surface area contributed by atoms with Crippen LogP contribution in [-0.2, 0) is 0 Å². The second-order valence-electron chi connectivity index (χ2n) is 5.55. The Morgan fingerprint density at radius 3 is 2.00 bits per heavy atom. The molecule has 3 heteroatoms. The van der Waals surface area contributed by atoms with E-state index in [0.717, 1.165) is 12.1 Å². The molecular formula is C16H17NS2. The highest BCUT2D eigenvalue weighted by Gasteiger charge is 2.32. The van der Waals surface area contributed by atoms with Gasteiger partial charge in [-0.05, 0) is 76.0 Å². The van der Waals surface area contributed by atoms with Gasteiger partial charge in [-0.2, -0.15) is 22.7 Å². The highest BCUT2D eigenvalue weighted by atomic mass is 32.1. The van der Waals surface area contributed by atoms with Crippen LogP contribution in [0.5, 0.6) is 0 Å². The Bertz CT molecular complexity index is 530. The summed E-state index contributed by atoms with van der Waals surface area (Å²) in [6.07, 6.45) is 5.18. The lowest BCUT2D eigenvalue weighted by atomic mass is 9.88. The van der Waals surface area contributed by atoms with Crippen molar-refractivity contribution in [2.45, 2.75) is 37.8 Å². The Hall–Kier alpha value is -0.900. The van der Waals surface area contributed by atoms with E-state index in [-0.39, 0.29) is 0 Å². The molecule has 0 saturated carbocycles. The van der Waals surface area contributed by atoms with Crippen molar-refractivity contribution in [2.75, 3.05) is 0 Å². The summed E-state index contributed by atoms with van der Waals surface area (Å²) in [7, 11) is 0. The van der Waals surface area contributed by atoms with Crippen LogP contribution in [-0.4, -0.2) is 12.1 Å². The Morgan fingerprint density at radius 2 is 1.53 bits per heavy atom. The van der Waals surface area contributed by atoms with Crippen LogP contribution in [0.25, 0.3) is 5.57 Å². The van der Waals surface area contributed by atoms with Crippen molar-refractivity contribution in [2.24, 2.45) is 0 Å². The zero-order chi connectivity index (χ0) is 12.7. The molecular weight excluding hydrogens is 270 g/mol. The summed E-state index contributed by atoms with van der Waals surface area (Å²) in [4.78, 5) is 0. The van der Waals surface area contributed by atoms with Gasteiger partial charge in [-0.1, -0.05) is 5.57 Å². The first kappa shape index (κ1) is 11.9. The molecule has 2 saturated heterocycles. The van der Waals surface area contributed by atoms with Gasteiger partial charge in [0.25, 0.3) is 0 Å². The molecule has 1 N–H and O–H groups in total. The number of thiophene rings is 2. The predicted molar refractivity (Wildman–Crippen MR) is 83.8 cm³/mol. The molecule has 2 aromatic heterocycles. The molecule has 2 fully saturated rings. The first-order valence-corrected chi connectivity index (χ1v) is 8.82. The molecule has 1 nitrogen and oxygen atoms in total. The zero-order valence-electron chi connectivity index (χ0n) is 10.8. The second kappa shape index (κ2) is 4.89. The van der Waals surface area contributed by atoms with Crippen LogP contribution in [0.15, 0.2) is 39.2 Å². The maximum Gasteiger partial charge on any atom is 0.0108 e. The number of fused-ring (bicyclic) bond motifs is 2. The fourth-order valence-corrected chi connectivity index (χ4v) is 4.79. The molecule has 0 amide bonds. The summed E-state index contributed by atoms with van der Waals surface area (Å²) in [5.74, 6) is 0. The van der Waals surface area contributed by atoms with Crippen LogP contribution >= 0.6 is 22.7 Å². The SMILES string of the molecule is c1cc(C(=C2CC3CCC(C2)N3)c2ccsc2)cs1. The van der Waals surface area contributed by atoms with Gasteiger partial charge < -0.3 is 5.32 Å². The third-order valence-electron chi connectivity index (χ3n) is 4.29. The number of rotatable bonds is 2. The quantitative estimate of drug-likeness (QED) is 0.856. The molecule has 4 rings (SSSR count). The minimum Gasteiger partial charge on any atom is -0.311 e. The maximum atomic E-state index is 3.74. The summed E-state index contributed by atoms with van der Waals surface area (Å²) in [6.45, 7) is 0. The summed E-state index contributed by atoms with van der Waals surface area (Å²) >= 11 is 3.60. The zero-order valence-corrected chi connectivity index (χ0v) is 12.4. The summed E-state index contributed by atoms with van der Waals surface area (Å²) in [5, 5.41) is 12.7. The Kier molecular flexibility index (Phi) is 3.06. The fourth-order valence-electron chi connectivity index (χ4n) is 3.50. The van der Waals surface area contributed by atoms with Crippen LogP contribution in [0.1, 0.15) is 36.8 Å². The van der Waals surface area contributed by atoms with Crippen molar-refractivity contribution in [1.82, 2.24) is 5.32 Å². The predicted octanol–water partition coefficient (Wildman–Crippen LogP) is 4.53. The molecule has 0 radical (unpaired) electrons. The Labute approximate surface area is 122 Å². The summed E-state index contributed by atoms with van der Waals surface area (Å²) < 4.78 is 0. The van der Waals surface area contributed by atoms with Gasteiger partial charge in [0.1, 0.15) is 0 Å². The average molecular weight is 287 g/mol. The van der Waals surface area contributed by atoms with Crippen molar-refractivity contribution >= 4 is 28.2 Å². The van der Waals surface area contributed by atoms with Gasteiger partial charge >= 0.3 is 0 Å². The standard InChI is InChI=1S/C16H17NS2/c1-2-15-8-13(7-14(1)17-15)16(11-3-5-18-9-11)12-4-6-19-10-12/h3-6,9-10,14-15,17H,1-2,7-8H2. The van der Waals surface area contributed by atoms with Crippen LogP contribution in [0.2, 0.25) is 0 Å². The first-order chi connectivity index (χ1) is 9.40. The molecule has 0 aliphatic carbocycles. The summed E-state index contributed by atoms with van der Waals surface area (Å²) in [5.41, 5.74) is 6.02. The highest BCUT2D eigenvalue weighted by molar-refractivity contribution is 7.08. The molecule has 2 aromatic rings. The maximum absolute atomic E-state index is 3.74. The van der Waals surface area contributed by atoms with Crippen molar-refractivity contribution in [3.05, 3.63) is 50.4 Å². The lowest BCUT2D eigenvalue weighted by Gasteiger charge is -2.26. The normalized spacial score (nSPS) is 25.8. The van der Waals surface area contributed by atoms with E-state index in [0.29, 0.717) is 0 Å². The lowest BCUT2D eigenvalue weighted by molar-refractivity contribution is 0.475. The van der Waals surface area contributed by atoms with Crippen LogP contribution < -0.4 is 5.32 Å². The van der Waals surface area contributed by atoms with E-state index in [1.54, 1.807) is 28.2 Å². The van der Waals surface area contributed by atoms with Crippen LogP contribution in [0.3, 0.4) is 0 Å². The van der Waals surface area contributed by atoms with Crippen LogP contribution in [0.4, 0.5) is 0 Å². The smallest absolute Gasteiger partial charge is 0.0108 e. The molecule has 2 atom stereocenters. The molecule has 4 heterocycles. The largest absolute Gasteiger partial charge is 0.311 e. The number of hydrogen-bond acceptors (Lipinski definition) is 3. The molecule has 2 unspecified atom stereocenters. The average Bonchev–Trinajstić information content (AvgIpc) is 3.13. The number of hydrogen-bond donors (Lipinski definition) is 1. The van der Waals surface area contributed by atoms with Crippen molar-refractivity contribution in [3.8, 4) is 0 Å². The van der Waals surface area contributed by atoms with E-state index in [4.69, 9.17) is 0 Å². The second-order valence-corrected chi connectivity index (χ2v) is 7.11. The number of nitrogens with one attached hydrogen (secondary N) is 1. The number of piperidine rings is 1. The van der Waals surface area contributed by atoms with E-state index in [2.05, 4.69) is 39.0 Å². The molecule has 0 aromatic carbocycles. The minimum absolute atomic E-state index is 0.723. The molecule has 2 bridgehead atoms. The van der Waals surface area contributed by atoms with Crippen molar-refractivity contribution in [3.63, 3.8) is 0 Å².